The van der Waals surface area contributed by atoms with Gasteiger partial charge in [0, 0.05) is 16.0 Å². The fraction of sp³-hybridized carbons (Fsp3) is 0.158. The lowest BCUT2D eigenvalue weighted by atomic mass is 10.0. The molecule has 0 aliphatic heterocycles. The molecule has 3 rings (SSSR count). The Labute approximate surface area is 153 Å². The Bertz CT molecular complexity index is 894. The van der Waals surface area contributed by atoms with E-state index in [0.717, 1.165) is 32.8 Å². The average Bonchev–Trinajstić information content (AvgIpc) is 2.62. The number of fused-ring (bicyclic) bond motifs is 1. The second-order valence-corrected chi connectivity index (χ2v) is 6.22. The van der Waals surface area contributed by atoms with E-state index in [2.05, 4.69) is 33.6 Å². The van der Waals surface area contributed by atoms with Crippen LogP contribution in [0.15, 0.2) is 42.6 Å². The summed E-state index contributed by atoms with van der Waals surface area (Å²) in [5.74, 6) is 0.260. The Morgan fingerprint density at radius 1 is 1.21 bits per heavy atom. The highest BCUT2D eigenvalue weighted by Gasteiger charge is 2.14. The summed E-state index contributed by atoms with van der Waals surface area (Å²) in [5, 5.41) is 0.978. The summed E-state index contributed by atoms with van der Waals surface area (Å²) in [7, 11) is 1.54. The van der Waals surface area contributed by atoms with Gasteiger partial charge in [-0.25, -0.2) is 4.39 Å². The third-order valence-electron chi connectivity index (χ3n) is 3.89. The summed E-state index contributed by atoms with van der Waals surface area (Å²) in [5.41, 5.74) is 4.29. The van der Waals surface area contributed by atoms with E-state index >= 15 is 0 Å². The zero-order valence-electron chi connectivity index (χ0n) is 13.1. The van der Waals surface area contributed by atoms with Crippen LogP contribution in [-0.4, -0.2) is 18.4 Å². The summed E-state index contributed by atoms with van der Waals surface area (Å²) in [6, 6.07) is 10.4. The summed E-state index contributed by atoms with van der Waals surface area (Å²) in [6.45, 7) is 0. The van der Waals surface area contributed by atoms with Crippen molar-refractivity contribution in [3.05, 3.63) is 70.7 Å². The van der Waals surface area contributed by atoms with E-state index in [9.17, 15) is 9.18 Å². The number of carbonyl (C=O) groups excluding carboxylic acids is 1. The van der Waals surface area contributed by atoms with Crippen molar-refractivity contribution in [3.8, 4) is 5.75 Å². The third-order valence-corrected chi connectivity index (χ3v) is 4.72. The minimum Gasteiger partial charge on any atom is -0.494 e. The van der Waals surface area contributed by atoms with Crippen LogP contribution in [0.25, 0.3) is 10.9 Å². The van der Waals surface area contributed by atoms with Crippen LogP contribution in [0.4, 0.5) is 4.39 Å². The molecule has 0 amide bonds. The summed E-state index contributed by atoms with van der Waals surface area (Å²) in [6.07, 6.45) is 3.24. The molecule has 2 aromatic carbocycles. The Hall–Kier alpha value is -2.02. The molecule has 0 fully saturated rings. The van der Waals surface area contributed by atoms with Crippen molar-refractivity contribution in [1.82, 2.24) is 4.98 Å². The van der Waals surface area contributed by atoms with Crippen molar-refractivity contribution in [2.24, 2.45) is 0 Å². The van der Waals surface area contributed by atoms with Crippen molar-refractivity contribution in [3.63, 3.8) is 0 Å². The Kier molecular flexibility index (Phi) is 5.08. The van der Waals surface area contributed by atoms with E-state index in [1.54, 1.807) is 25.4 Å². The van der Waals surface area contributed by atoms with E-state index < -0.39 is 0 Å². The van der Waals surface area contributed by atoms with Gasteiger partial charge in [0.05, 0.1) is 12.7 Å². The first-order chi connectivity index (χ1) is 11.7. The van der Waals surface area contributed by atoms with E-state index in [1.807, 2.05) is 6.07 Å². The molecule has 0 saturated heterocycles. The van der Waals surface area contributed by atoms with Crippen molar-refractivity contribution in [1.29, 1.82) is 0 Å². The van der Waals surface area contributed by atoms with Gasteiger partial charge < -0.3 is 4.74 Å². The molecule has 0 saturated carbocycles. The highest BCUT2D eigenvalue weighted by molar-refractivity contribution is 14.1. The van der Waals surface area contributed by atoms with Gasteiger partial charge in [0.15, 0.2) is 12.0 Å². The molecule has 0 atom stereocenters. The number of carbonyl (C=O) groups is 1. The number of aldehydes is 1. The van der Waals surface area contributed by atoms with Gasteiger partial charge in [-0.05, 0) is 47.4 Å². The van der Waals surface area contributed by atoms with E-state index in [4.69, 9.17) is 4.74 Å². The minimum atomic E-state index is -0.242. The molecule has 122 valence electrons. The number of pyridine rings is 1. The Balaban J connectivity index is 2.09. The predicted molar refractivity (Wildman–Crippen MR) is 101 cm³/mol. The molecule has 0 aliphatic carbocycles. The molecule has 5 heteroatoms. The highest BCUT2D eigenvalue weighted by Crippen LogP contribution is 2.32. The van der Waals surface area contributed by atoms with Gasteiger partial charge in [0.25, 0.3) is 0 Å². The number of hydrogen-bond donors (Lipinski definition) is 0. The number of alkyl halides is 1. The first-order valence-electron chi connectivity index (χ1n) is 7.40. The Morgan fingerprint density at radius 3 is 2.58 bits per heavy atom. The molecule has 0 unspecified atom stereocenters. The second kappa shape index (κ2) is 7.25. The highest BCUT2D eigenvalue weighted by atomic mass is 127. The van der Waals surface area contributed by atoms with Gasteiger partial charge >= 0.3 is 0 Å². The largest absolute Gasteiger partial charge is 0.494 e. The molecular formula is C19H15FINO2. The lowest BCUT2D eigenvalue weighted by molar-refractivity contribution is 0.112. The minimum absolute atomic E-state index is 0.242. The van der Waals surface area contributed by atoms with Crippen LogP contribution >= 0.6 is 22.6 Å². The van der Waals surface area contributed by atoms with Crippen molar-refractivity contribution >= 4 is 39.8 Å². The fourth-order valence-corrected chi connectivity index (χ4v) is 3.38. The van der Waals surface area contributed by atoms with Crippen molar-refractivity contribution in [2.75, 3.05) is 7.11 Å². The molecule has 1 aromatic heterocycles. The van der Waals surface area contributed by atoms with Crippen LogP contribution in [0.5, 0.6) is 5.75 Å². The number of rotatable bonds is 5. The molecule has 1 heterocycles. The van der Waals surface area contributed by atoms with Crippen LogP contribution in [-0.2, 0) is 10.8 Å². The van der Waals surface area contributed by atoms with E-state index in [1.165, 1.54) is 12.1 Å². The third kappa shape index (κ3) is 3.26. The molecule has 3 aromatic rings. The van der Waals surface area contributed by atoms with Gasteiger partial charge in [-0.2, -0.15) is 0 Å². The Morgan fingerprint density at radius 2 is 1.96 bits per heavy atom. The van der Waals surface area contributed by atoms with Gasteiger partial charge in [0.1, 0.15) is 11.3 Å². The van der Waals surface area contributed by atoms with Gasteiger partial charge in [-0.1, -0.05) is 34.7 Å². The fourth-order valence-electron chi connectivity index (χ4n) is 2.75. The number of aromatic nitrogens is 1. The summed E-state index contributed by atoms with van der Waals surface area (Å²) >= 11 is 2.27. The maximum atomic E-state index is 13.0. The molecule has 0 bridgehead atoms. The summed E-state index contributed by atoms with van der Waals surface area (Å²) in [4.78, 5) is 15.8. The predicted octanol–water partition coefficient (Wildman–Crippen LogP) is 4.72. The molecule has 0 aliphatic rings. The number of hydrogen-bond acceptors (Lipinski definition) is 3. The van der Waals surface area contributed by atoms with Crippen molar-refractivity contribution in [2.45, 2.75) is 10.8 Å². The van der Waals surface area contributed by atoms with Crippen LogP contribution in [0.3, 0.4) is 0 Å². The number of ether oxygens (including phenoxy) is 1. The van der Waals surface area contributed by atoms with Gasteiger partial charge in [-0.15, -0.1) is 0 Å². The van der Waals surface area contributed by atoms with Crippen molar-refractivity contribution < 1.29 is 13.9 Å². The van der Waals surface area contributed by atoms with E-state index in [0.29, 0.717) is 23.3 Å². The lowest BCUT2D eigenvalue weighted by Crippen LogP contribution is -1.98. The van der Waals surface area contributed by atoms with Gasteiger partial charge in [-0.3, -0.25) is 9.78 Å². The topological polar surface area (TPSA) is 39.2 Å². The molecule has 3 nitrogen and oxygen atoms in total. The zero-order chi connectivity index (χ0) is 17.1. The summed E-state index contributed by atoms with van der Waals surface area (Å²) < 4.78 is 19.2. The number of benzene rings is 2. The SMILES string of the molecule is COc1c(C=O)cc(CI)c2cc(Cc3ccc(F)cc3)cnc12. The monoisotopic (exact) mass is 435 g/mol. The molecule has 0 N–H and O–H groups in total. The quantitative estimate of drug-likeness (QED) is 0.331. The molecule has 0 spiro atoms. The first-order valence-corrected chi connectivity index (χ1v) is 8.93. The average molecular weight is 435 g/mol. The lowest BCUT2D eigenvalue weighted by Gasteiger charge is -2.12. The normalized spacial score (nSPS) is 10.8. The molecule has 24 heavy (non-hydrogen) atoms. The number of halogens is 2. The smallest absolute Gasteiger partial charge is 0.155 e. The maximum absolute atomic E-state index is 13.0. The van der Waals surface area contributed by atoms with Crippen LogP contribution in [0.2, 0.25) is 0 Å². The maximum Gasteiger partial charge on any atom is 0.155 e. The number of nitrogens with zero attached hydrogens (tertiary/aromatic N) is 1. The van der Waals surface area contributed by atoms with Crippen LogP contribution in [0, 0.1) is 5.82 Å². The zero-order valence-corrected chi connectivity index (χ0v) is 15.2. The first kappa shape index (κ1) is 16.8. The van der Waals surface area contributed by atoms with Crippen LogP contribution in [0.1, 0.15) is 27.0 Å². The number of methoxy groups -OCH3 is 1. The second-order valence-electron chi connectivity index (χ2n) is 5.45. The molecular weight excluding hydrogens is 420 g/mol. The van der Waals surface area contributed by atoms with Crippen LogP contribution < -0.4 is 4.74 Å². The van der Waals surface area contributed by atoms with E-state index in [-0.39, 0.29) is 5.82 Å². The molecule has 0 radical (unpaired) electrons. The standard InChI is InChI=1S/C19H15FINO2/c1-24-19-15(11-23)8-14(9-21)17-7-13(10-22-18(17)19)6-12-2-4-16(20)5-3-12/h2-5,7-8,10-11H,6,9H2,1H3. The van der Waals surface area contributed by atoms with Gasteiger partial charge in [0.2, 0.25) is 0 Å².